The lowest BCUT2D eigenvalue weighted by Crippen LogP contribution is -2.17. The lowest BCUT2D eigenvalue weighted by molar-refractivity contribution is 0.474. The van der Waals surface area contributed by atoms with E-state index < -0.39 is 0 Å². The first kappa shape index (κ1) is 14.6. The molecule has 2 aromatic carbocycles. The van der Waals surface area contributed by atoms with Crippen molar-refractivity contribution in [2.75, 3.05) is 6.54 Å². The molecule has 106 valence electrons. The van der Waals surface area contributed by atoms with Gasteiger partial charge in [-0.15, -0.1) is 0 Å². The summed E-state index contributed by atoms with van der Waals surface area (Å²) < 4.78 is 6.04. The van der Waals surface area contributed by atoms with Gasteiger partial charge in [0.1, 0.15) is 11.5 Å². The second-order valence-electron chi connectivity index (χ2n) is 4.92. The molecule has 1 atom stereocenters. The largest absolute Gasteiger partial charge is 0.457 e. The van der Waals surface area contributed by atoms with Gasteiger partial charge in [-0.25, -0.2) is 0 Å². The summed E-state index contributed by atoms with van der Waals surface area (Å²) in [6.07, 6.45) is 0.976. The summed E-state index contributed by atoms with van der Waals surface area (Å²) in [6.45, 7) is 7.40. The third kappa shape index (κ3) is 3.61. The van der Waals surface area contributed by atoms with Crippen LogP contribution in [0.25, 0.3) is 0 Å². The molecule has 0 heterocycles. The van der Waals surface area contributed by atoms with Crippen molar-refractivity contribution in [2.24, 2.45) is 0 Å². The quantitative estimate of drug-likeness (QED) is 0.820. The van der Waals surface area contributed by atoms with Crippen molar-refractivity contribution in [3.8, 4) is 11.5 Å². The first-order chi connectivity index (χ1) is 9.74. The molecular weight excluding hydrogens is 246 g/mol. The summed E-state index contributed by atoms with van der Waals surface area (Å²) in [5, 5.41) is 3.42. The average molecular weight is 269 g/mol. The maximum atomic E-state index is 6.04. The summed E-state index contributed by atoms with van der Waals surface area (Å²) in [5.74, 6) is 1.84. The Labute approximate surface area is 121 Å². The maximum absolute atomic E-state index is 6.04. The van der Waals surface area contributed by atoms with E-state index in [1.807, 2.05) is 24.3 Å². The zero-order valence-corrected chi connectivity index (χ0v) is 12.5. The molecule has 0 aromatic heterocycles. The minimum absolute atomic E-state index is 0.338. The van der Waals surface area contributed by atoms with Gasteiger partial charge in [0, 0.05) is 6.04 Å². The topological polar surface area (TPSA) is 21.3 Å². The van der Waals surface area contributed by atoms with Crippen molar-refractivity contribution in [1.29, 1.82) is 0 Å². The van der Waals surface area contributed by atoms with E-state index in [9.17, 15) is 0 Å². The third-order valence-electron chi connectivity index (χ3n) is 3.45. The third-order valence-corrected chi connectivity index (χ3v) is 3.45. The minimum atomic E-state index is 0.338. The number of rotatable bonds is 6. The zero-order valence-electron chi connectivity index (χ0n) is 12.5. The number of ether oxygens (including phenoxy) is 1. The summed E-state index contributed by atoms with van der Waals surface area (Å²) in [4.78, 5) is 0. The molecule has 2 heteroatoms. The van der Waals surface area contributed by atoms with Gasteiger partial charge in [0.05, 0.1) is 0 Å². The molecule has 0 amide bonds. The van der Waals surface area contributed by atoms with E-state index in [0.29, 0.717) is 6.04 Å². The lowest BCUT2D eigenvalue weighted by atomic mass is 10.1. The van der Waals surface area contributed by atoms with Crippen molar-refractivity contribution >= 4 is 0 Å². The molecule has 0 bridgehead atoms. The van der Waals surface area contributed by atoms with E-state index in [0.717, 1.165) is 24.5 Å². The predicted octanol–water partition coefficient (Wildman–Crippen LogP) is 4.71. The van der Waals surface area contributed by atoms with Gasteiger partial charge in [-0.1, -0.05) is 44.2 Å². The van der Waals surface area contributed by atoms with Gasteiger partial charge in [-0.3, -0.25) is 0 Å². The Morgan fingerprint density at radius 3 is 2.60 bits per heavy atom. The molecule has 1 unspecified atom stereocenters. The van der Waals surface area contributed by atoms with Crippen LogP contribution in [0.4, 0.5) is 0 Å². The Morgan fingerprint density at radius 1 is 1.05 bits per heavy atom. The van der Waals surface area contributed by atoms with E-state index >= 15 is 0 Å². The van der Waals surface area contributed by atoms with Gasteiger partial charge in [-0.05, 0) is 49.2 Å². The maximum Gasteiger partial charge on any atom is 0.130 e. The number of nitrogens with one attached hydrogen (secondary N) is 1. The molecule has 0 saturated heterocycles. The first-order valence-corrected chi connectivity index (χ1v) is 7.33. The van der Waals surface area contributed by atoms with Crippen LogP contribution in [0.5, 0.6) is 11.5 Å². The second kappa shape index (κ2) is 7.11. The highest BCUT2D eigenvalue weighted by Gasteiger charge is 2.07. The molecule has 0 aliphatic rings. The summed E-state index contributed by atoms with van der Waals surface area (Å²) in [7, 11) is 0. The van der Waals surface area contributed by atoms with Gasteiger partial charge < -0.3 is 10.1 Å². The molecular formula is C18H23NO. The fraction of sp³-hybridized carbons (Fsp3) is 0.333. The number of para-hydroxylation sites is 1. The molecule has 0 aliphatic carbocycles. The Kier molecular flexibility index (Phi) is 5.19. The van der Waals surface area contributed by atoms with E-state index in [2.05, 4.69) is 50.4 Å². The van der Waals surface area contributed by atoms with Gasteiger partial charge in [-0.2, -0.15) is 0 Å². The molecule has 2 nitrogen and oxygen atoms in total. The van der Waals surface area contributed by atoms with Crippen molar-refractivity contribution in [2.45, 2.75) is 33.2 Å². The highest BCUT2D eigenvalue weighted by atomic mass is 16.5. The number of hydrogen-bond acceptors (Lipinski definition) is 2. The van der Waals surface area contributed by atoms with Gasteiger partial charge in [0.25, 0.3) is 0 Å². The average Bonchev–Trinajstić information content (AvgIpc) is 2.48. The molecule has 0 saturated carbocycles. The van der Waals surface area contributed by atoms with Gasteiger partial charge in [0.2, 0.25) is 0 Å². The fourth-order valence-corrected chi connectivity index (χ4v) is 2.29. The summed E-state index contributed by atoms with van der Waals surface area (Å²) >= 11 is 0. The number of hydrogen-bond donors (Lipinski definition) is 1. The second-order valence-corrected chi connectivity index (χ2v) is 4.92. The fourth-order valence-electron chi connectivity index (χ4n) is 2.29. The van der Waals surface area contributed by atoms with Crippen LogP contribution >= 0.6 is 0 Å². The van der Waals surface area contributed by atoms with Crippen LogP contribution in [-0.4, -0.2) is 6.54 Å². The first-order valence-electron chi connectivity index (χ1n) is 7.33. The summed E-state index contributed by atoms with van der Waals surface area (Å²) in [5.41, 5.74) is 2.48. The summed E-state index contributed by atoms with van der Waals surface area (Å²) in [6, 6.07) is 16.8. The van der Waals surface area contributed by atoms with E-state index in [1.54, 1.807) is 0 Å². The van der Waals surface area contributed by atoms with E-state index in [-0.39, 0.29) is 0 Å². The standard InChI is InChI=1S/C18H23NO/c1-4-15-9-6-7-12-18(15)20-17-11-8-10-16(13-17)14(3)19-5-2/h6-14,19H,4-5H2,1-3H3. The molecule has 2 rings (SSSR count). The molecule has 0 radical (unpaired) electrons. The van der Waals surface area contributed by atoms with Crippen LogP contribution in [0.1, 0.15) is 37.9 Å². The molecule has 0 fully saturated rings. The van der Waals surface area contributed by atoms with Crippen LogP contribution in [0.15, 0.2) is 48.5 Å². The van der Waals surface area contributed by atoms with E-state index in [4.69, 9.17) is 4.74 Å². The Bertz CT molecular complexity index is 551. The van der Waals surface area contributed by atoms with Crippen molar-refractivity contribution < 1.29 is 4.74 Å². The smallest absolute Gasteiger partial charge is 0.130 e. The van der Waals surface area contributed by atoms with Crippen molar-refractivity contribution in [3.05, 3.63) is 59.7 Å². The predicted molar refractivity (Wildman–Crippen MR) is 84.4 cm³/mol. The molecule has 20 heavy (non-hydrogen) atoms. The van der Waals surface area contributed by atoms with Crippen LogP contribution in [0.3, 0.4) is 0 Å². The van der Waals surface area contributed by atoms with Gasteiger partial charge >= 0.3 is 0 Å². The Morgan fingerprint density at radius 2 is 1.85 bits per heavy atom. The molecule has 0 spiro atoms. The molecule has 0 aliphatic heterocycles. The highest BCUT2D eigenvalue weighted by Crippen LogP contribution is 2.27. The molecule has 1 N–H and O–H groups in total. The zero-order chi connectivity index (χ0) is 14.4. The Balaban J connectivity index is 2.19. The minimum Gasteiger partial charge on any atom is -0.457 e. The monoisotopic (exact) mass is 269 g/mol. The highest BCUT2D eigenvalue weighted by molar-refractivity contribution is 5.39. The number of aryl methyl sites for hydroxylation is 1. The van der Waals surface area contributed by atoms with Crippen molar-refractivity contribution in [3.63, 3.8) is 0 Å². The van der Waals surface area contributed by atoms with E-state index in [1.165, 1.54) is 11.1 Å². The SMILES string of the molecule is CCNC(C)c1cccc(Oc2ccccc2CC)c1. The van der Waals surface area contributed by atoms with Crippen molar-refractivity contribution in [1.82, 2.24) is 5.32 Å². The lowest BCUT2D eigenvalue weighted by Gasteiger charge is -2.15. The van der Waals surface area contributed by atoms with Crippen LogP contribution in [-0.2, 0) is 6.42 Å². The van der Waals surface area contributed by atoms with Gasteiger partial charge in [0.15, 0.2) is 0 Å². The number of benzene rings is 2. The van der Waals surface area contributed by atoms with Crippen LogP contribution in [0, 0.1) is 0 Å². The Hall–Kier alpha value is -1.80. The van der Waals surface area contributed by atoms with Crippen LogP contribution in [0.2, 0.25) is 0 Å². The van der Waals surface area contributed by atoms with Crippen LogP contribution < -0.4 is 10.1 Å². The normalized spacial score (nSPS) is 12.2. The molecule has 2 aromatic rings.